The number of rotatable bonds is 5. The van der Waals surface area contributed by atoms with Crippen LogP contribution in [0.15, 0.2) is 48.8 Å². The molecule has 0 atom stereocenters. The van der Waals surface area contributed by atoms with Crippen molar-refractivity contribution in [3.8, 4) is 17.0 Å². The first kappa shape index (κ1) is 18.5. The first-order valence-electron chi connectivity index (χ1n) is 9.49. The summed E-state index contributed by atoms with van der Waals surface area (Å²) >= 11 is 6.07. The lowest BCUT2D eigenvalue weighted by Crippen LogP contribution is -2.23. The van der Waals surface area contributed by atoms with Crippen LogP contribution in [0.1, 0.15) is 32.1 Å². The molecule has 0 aliphatic heterocycles. The van der Waals surface area contributed by atoms with Gasteiger partial charge in [0.1, 0.15) is 11.6 Å². The third kappa shape index (κ3) is 4.51. The number of hydrogen-bond donors (Lipinski definition) is 3. The summed E-state index contributed by atoms with van der Waals surface area (Å²) in [5.41, 5.74) is 2.22. The van der Waals surface area contributed by atoms with Gasteiger partial charge in [-0.15, -0.1) is 0 Å². The second-order valence-electron chi connectivity index (χ2n) is 6.96. The number of aromatic nitrogens is 3. The zero-order valence-corrected chi connectivity index (χ0v) is 16.2. The van der Waals surface area contributed by atoms with Crippen LogP contribution in [0.5, 0.6) is 5.75 Å². The Labute approximate surface area is 169 Å². The molecule has 1 aromatic carbocycles. The Hall–Kier alpha value is -2.86. The summed E-state index contributed by atoms with van der Waals surface area (Å²) in [4.78, 5) is 13.4. The number of anilines is 3. The smallest absolute Gasteiger partial charge is 0.225 e. The standard InChI is InChI=1S/C21H22ClN5O/c22-15-6-7-19(28)18(12-15)25-20-13-17(14-8-10-23-11-9-14)26-21(27-20)24-16-4-2-1-3-5-16/h6-13,16,28H,1-5H2,(H2,24,25,26,27). The molecule has 1 aliphatic rings. The van der Waals surface area contributed by atoms with E-state index < -0.39 is 0 Å². The summed E-state index contributed by atoms with van der Waals surface area (Å²) in [5, 5.41) is 17.3. The van der Waals surface area contributed by atoms with Gasteiger partial charge in [0.2, 0.25) is 5.95 Å². The highest BCUT2D eigenvalue weighted by molar-refractivity contribution is 6.31. The number of hydrogen-bond acceptors (Lipinski definition) is 6. The molecular weight excluding hydrogens is 374 g/mol. The van der Waals surface area contributed by atoms with Gasteiger partial charge in [-0.05, 0) is 43.2 Å². The molecule has 4 rings (SSSR count). The van der Waals surface area contributed by atoms with E-state index in [9.17, 15) is 5.11 Å². The van der Waals surface area contributed by atoms with E-state index in [0.717, 1.165) is 24.1 Å². The van der Waals surface area contributed by atoms with E-state index in [2.05, 4.69) is 20.6 Å². The van der Waals surface area contributed by atoms with Crippen LogP contribution in [0.25, 0.3) is 11.3 Å². The molecular formula is C21H22ClN5O. The molecule has 1 saturated carbocycles. The number of halogens is 1. The fourth-order valence-electron chi connectivity index (χ4n) is 3.42. The Kier molecular flexibility index (Phi) is 5.58. The molecule has 2 aromatic heterocycles. The van der Waals surface area contributed by atoms with Crippen molar-refractivity contribution in [1.82, 2.24) is 15.0 Å². The van der Waals surface area contributed by atoms with E-state index in [1.807, 2.05) is 18.2 Å². The minimum Gasteiger partial charge on any atom is -0.506 e. The fourth-order valence-corrected chi connectivity index (χ4v) is 3.59. The van der Waals surface area contributed by atoms with Crippen molar-refractivity contribution in [2.24, 2.45) is 0 Å². The molecule has 1 fully saturated rings. The highest BCUT2D eigenvalue weighted by Gasteiger charge is 2.16. The number of aromatic hydroxyl groups is 1. The van der Waals surface area contributed by atoms with Gasteiger partial charge in [-0.3, -0.25) is 4.98 Å². The van der Waals surface area contributed by atoms with E-state index in [-0.39, 0.29) is 5.75 Å². The first-order valence-corrected chi connectivity index (χ1v) is 9.87. The van der Waals surface area contributed by atoms with E-state index in [1.54, 1.807) is 30.6 Å². The Balaban J connectivity index is 1.67. The van der Waals surface area contributed by atoms with Gasteiger partial charge in [0.05, 0.1) is 11.4 Å². The molecule has 0 radical (unpaired) electrons. The van der Waals surface area contributed by atoms with Crippen LogP contribution in [-0.4, -0.2) is 26.1 Å². The fraction of sp³-hybridized carbons (Fsp3) is 0.286. The molecule has 0 bridgehead atoms. The molecule has 0 amide bonds. The van der Waals surface area contributed by atoms with Gasteiger partial charge in [0.15, 0.2) is 0 Å². The molecule has 0 spiro atoms. The van der Waals surface area contributed by atoms with Gasteiger partial charge in [-0.25, -0.2) is 4.98 Å². The Morgan fingerprint density at radius 1 is 0.964 bits per heavy atom. The summed E-state index contributed by atoms with van der Waals surface area (Å²) in [6, 6.07) is 10.9. The molecule has 28 heavy (non-hydrogen) atoms. The maximum absolute atomic E-state index is 10.1. The largest absolute Gasteiger partial charge is 0.506 e. The summed E-state index contributed by atoms with van der Waals surface area (Å²) in [6.07, 6.45) is 9.47. The number of pyridine rings is 1. The highest BCUT2D eigenvalue weighted by Crippen LogP contribution is 2.31. The summed E-state index contributed by atoms with van der Waals surface area (Å²) < 4.78 is 0. The van der Waals surface area contributed by atoms with Crippen molar-refractivity contribution in [2.75, 3.05) is 10.6 Å². The molecule has 0 unspecified atom stereocenters. The van der Waals surface area contributed by atoms with E-state index in [1.165, 1.54) is 19.3 Å². The van der Waals surface area contributed by atoms with Crippen molar-refractivity contribution in [2.45, 2.75) is 38.1 Å². The van der Waals surface area contributed by atoms with Gasteiger partial charge >= 0.3 is 0 Å². The van der Waals surface area contributed by atoms with Crippen molar-refractivity contribution < 1.29 is 5.11 Å². The van der Waals surface area contributed by atoms with Crippen LogP contribution in [-0.2, 0) is 0 Å². The average Bonchev–Trinajstić information content (AvgIpc) is 2.72. The topological polar surface area (TPSA) is 83.0 Å². The third-order valence-electron chi connectivity index (χ3n) is 4.86. The van der Waals surface area contributed by atoms with Gasteiger partial charge in [0.25, 0.3) is 0 Å². The molecule has 7 heteroatoms. The monoisotopic (exact) mass is 395 g/mol. The number of nitrogens with one attached hydrogen (secondary N) is 2. The van der Waals surface area contributed by atoms with Crippen LogP contribution >= 0.6 is 11.6 Å². The molecule has 3 aromatic rings. The molecule has 0 saturated heterocycles. The highest BCUT2D eigenvalue weighted by atomic mass is 35.5. The van der Waals surface area contributed by atoms with E-state index in [0.29, 0.717) is 28.5 Å². The average molecular weight is 396 g/mol. The molecule has 144 valence electrons. The molecule has 1 aliphatic carbocycles. The lowest BCUT2D eigenvalue weighted by atomic mass is 9.96. The van der Waals surface area contributed by atoms with Crippen LogP contribution in [0.2, 0.25) is 5.02 Å². The maximum atomic E-state index is 10.1. The number of benzene rings is 1. The van der Waals surface area contributed by atoms with Gasteiger partial charge in [-0.1, -0.05) is 30.9 Å². The van der Waals surface area contributed by atoms with E-state index >= 15 is 0 Å². The lowest BCUT2D eigenvalue weighted by molar-refractivity contribution is 0.461. The van der Waals surface area contributed by atoms with Gasteiger partial charge in [-0.2, -0.15) is 4.98 Å². The van der Waals surface area contributed by atoms with Crippen molar-refractivity contribution >= 4 is 29.1 Å². The zero-order valence-electron chi connectivity index (χ0n) is 15.4. The van der Waals surface area contributed by atoms with Crippen LogP contribution in [0.3, 0.4) is 0 Å². The second-order valence-corrected chi connectivity index (χ2v) is 7.40. The lowest BCUT2D eigenvalue weighted by Gasteiger charge is -2.23. The van der Waals surface area contributed by atoms with Crippen molar-refractivity contribution in [3.05, 3.63) is 53.8 Å². The number of phenols is 1. The summed E-state index contributed by atoms with van der Waals surface area (Å²) in [6.45, 7) is 0. The van der Waals surface area contributed by atoms with Crippen LogP contribution in [0, 0.1) is 0 Å². The molecule has 3 N–H and O–H groups in total. The Morgan fingerprint density at radius 3 is 2.54 bits per heavy atom. The van der Waals surface area contributed by atoms with Gasteiger partial charge < -0.3 is 15.7 Å². The number of nitrogens with zero attached hydrogens (tertiary/aromatic N) is 3. The Morgan fingerprint density at radius 2 is 1.75 bits per heavy atom. The minimum atomic E-state index is 0.107. The molecule has 2 heterocycles. The zero-order chi connectivity index (χ0) is 19.3. The van der Waals surface area contributed by atoms with Gasteiger partial charge in [0, 0.05) is 35.1 Å². The Bertz CT molecular complexity index is 945. The normalized spacial score (nSPS) is 14.6. The van der Waals surface area contributed by atoms with Crippen LogP contribution < -0.4 is 10.6 Å². The quantitative estimate of drug-likeness (QED) is 0.502. The third-order valence-corrected chi connectivity index (χ3v) is 5.10. The molecule has 6 nitrogen and oxygen atoms in total. The predicted octanol–water partition coefficient (Wildman–Crippen LogP) is 5.39. The SMILES string of the molecule is Oc1ccc(Cl)cc1Nc1cc(-c2ccncc2)nc(NC2CCCCC2)n1. The summed E-state index contributed by atoms with van der Waals surface area (Å²) in [5.74, 6) is 1.26. The number of phenolic OH excluding ortho intramolecular Hbond substituents is 1. The first-order chi connectivity index (χ1) is 13.7. The second kappa shape index (κ2) is 8.44. The van der Waals surface area contributed by atoms with Crippen molar-refractivity contribution in [1.29, 1.82) is 0 Å². The van der Waals surface area contributed by atoms with Crippen molar-refractivity contribution in [3.63, 3.8) is 0 Å². The summed E-state index contributed by atoms with van der Waals surface area (Å²) in [7, 11) is 0. The minimum absolute atomic E-state index is 0.107. The predicted molar refractivity (Wildman–Crippen MR) is 112 cm³/mol. The maximum Gasteiger partial charge on any atom is 0.225 e. The van der Waals surface area contributed by atoms with Crippen LogP contribution in [0.4, 0.5) is 17.5 Å². The van der Waals surface area contributed by atoms with E-state index in [4.69, 9.17) is 16.6 Å².